The van der Waals surface area contributed by atoms with E-state index >= 15 is 0 Å². The summed E-state index contributed by atoms with van der Waals surface area (Å²) in [6, 6.07) is 24.5. The molecule has 3 heterocycles. The molecule has 6 rings (SSSR count). The van der Waals surface area contributed by atoms with Crippen LogP contribution in [0.3, 0.4) is 0 Å². The van der Waals surface area contributed by atoms with Gasteiger partial charge in [0, 0.05) is 30.3 Å². The van der Waals surface area contributed by atoms with E-state index < -0.39 is 0 Å². The summed E-state index contributed by atoms with van der Waals surface area (Å²) < 4.78 is 13.7. The lowest BCUT2D eigenvalue weighted by Crippen LogP contribution is -2.29. The second kappa shape index (κ2) is 10.9. The van der Waals surface area contributed by atoms with E-state index in [1.807, 2.05) is 54.7 Å². The Hall–Kier alpha value is -3.84. The molecule has 0 amide bonds. The van der Waals surface area contributed by atoms with Gasteiger partial charge < -0.3 is 24.3 Å². The molecule has 2 aliphatic rings. The molecule has 0 unspecified atom stereocenters. The van der Waals surface area contributed by atoms with Crippen LogP contribution in [0, 0.1) is 0 Å². The molecule has 0 radical (unpaired) electrons. The van der Waals surface area contributed by atoms with Gasteiger partial charge >= 0.3 is 0 Å². The lowest BCUT2D eigenvalue weighted by atomic mass is 9.95. The minimum atomic E-state index is -0.0545. The van der Waals surface area contributed by atoms with Crippen LogP contribution in [-0.4, -0.2) is 21.8 Å². The first-order valence-electron chi connectivity index (χ1n) is 13.3. The summed E-state index contributed by atoms with van der Waals surface area (Å²) in [6.07, 6.45) is 12.9. The van der Waals surface area contributed by atoms with Gasteiger partial charge in [0.25, 0.3) is 0 Å². The number of ether oxygens (including phenoxy) is 2. The zero-order valence-electron chi connectivity index (χ0n) is 21.5. The summed E-state index contributed by atoms with van der Waals surface area (Å²) in [6.45, 7) is 0. The van der Waals surface area contributed by atoms with Gasteiger partial charge in [-0.2, -0.15) is 0 Å². The minimum Gasteiger partial charge on any atom is -0.497 e. The first-order chi connectivity index (χ1) is 18.7. The van der Waals surface area contributed by atoms with Gasteiger partial charge in [-0.1, -0.05) is 25.3 Å². The number of nitrogens with zero attached hydrogens (tertiary/aromatic N) is 3. The van der Waals surface area contributed by atoms with Gasteiger partial charge in [0.2, 0.25) is 0 Å². The largest absolute Gasteiger partial charge is 0.497 e. The third kappa shape index (κ3) is 4.98. The van der Waals surface area contributed by atoms with Crippen molar-refractivity contribution in [3.8, 4) is 17.2 Å². The highest BCUT2D eigenvalue weighted by molar-refractivity contribution is 7.80. The van der Waals surface area contributed by atoms with E-state index in [4.69, 9.17) is 21.7 Å². The summed E-state index contributed by atoms with van der Waals surface area (Å²) in [7, 11) is 1.66. The third-order valence-corrected chi connectivity index (χ3v) is 7.90. The van der Waals surface area contributed by atoms with E-state index in [9.17, 15) is 0 Å². The number of benzene rings is 2. The second-order valence-electron chi connectivity index (χ2n) is 9.95. The highest BCUT2D eigenvalue weighted by Gasteiger charge is 2.41. The van der Waals surface area contributed by atoms with Crippen molar-refractivity contribution in [3.05, 3.63) is 103 Å². The lowest BCUT2D eigenvalue weighted by molar-refractivity contribution is 0.353. The van der Waals surface area contributed by atoms with Crippen LogP contribution in [0.25, 0.3) is 0 Å². The molecule has 194 valence electrons. The number of hydrogen-bond donors (Lipinski definition) is 1. The first-order valence-corrected chi connectivity index (χ1v) is 13.7. The van der Waals surface area contributed by atoms with E-state index in [0.29, 0.717) is 11.2 Å². The summed E-state index contributed by atoms with van der Waals surface area (Å²) in [5, 5.41) is 4.26. The Morgan fingerprint density at radius 3 is 2.26 bits per heavy atom. The predicted molar refractivity (Wildman–Crippen MR) is 154 cm³/mol. The summed E-state index contributed by atoms with van der Waals surface area (Å²) in [4.78, 5) is 6.90. The Labute approximate surface area is 229 Å². The van der Waals surface area contributed by atoms with Crippen LogP contribution in [0.4, 0.5) is 5.69 Å². The van der Waals surface area contributed by atoms with Gasteiger partial charge in [0.1, 0.15) is 17.2 Å². The molecule has 1 saturated carbocycles. The molecule has 1 N–H and O–H groups in total. The zero-order valence-corrected chi connectivity index (χ0v) is 22.3. The second-order valence-corrected chi connectivity index (χ2v) is 10.3. The van der Waals surface area contributed by atoms with Crippen molar-refractivity contribution in [2.24, 2.45) is 0 Å². The van der Waals surface area contributed by atoms with Crippen molar-refractivity contribution in [1.82, 2.24) is 14.9 Å². The molecule has 6 nitrogen and oxygen atoms in total. The number of aromatic nitrogens is 2. The lowest BCUT2D eigenvalue weighted by Gasteiger charge is -2.28. The predicted octanol–water partition coefficient (Wildman–Crippen LogP) is 7.37. The van der Waals surface area contributed by atoms with Crippen molar-refractivity contribution in [3.63, 3.8) is 0 Å². The van der Waals surface area contributed by atoms with E-state index in [2.05, 4.69) is 56.4 Å². The molecule has 7 heteroatoms. The van der Waals surface area contributed by atoms with Gasteiger partial charge in [-0.15, -0.1) is 0 Å². The molecule has 2 aromatic heterocycles. The summed E-state index contributed by atoms with van der Waals surface area (Å²) in [5.41, 5.74) is 3.22. The van der Waals surface area contributed by atoms with E-state index in [0.717, 1.165) is 28.6 Å². The molecule has 38 heavy (non-hydrogen) atoms. The smallest absolute Gasteiger partial charge is 0.174 e. The molecular formula is C31H32N4O2S. The monoisotopic (exact) mass is 524 g/mol. The molecule has 0 bridgehead atoms. The standard InChI is InChI=1S/C31H32N4O2S/c1-36-25-14-16-27(17-15-25)37-26-12-10-24(11-13-26)35-30(29(33-31(35)38)28-9-5-6-19-32-28)22-18-20-34(21-22)23-7-3-2-4-8-23/h5-6,9-21,23,29-30H,2-4,7-8H2,1H3,(H,33,38)/t29-,30-/m0/s1. The third-order valence-electron chi connectivity index (χ3n) is 7.58. The Balaban J connectivity index is 1.30. The Kier molecular flexibility index (Phi) is 7.01. The Morgan fingerprint density at radius 2 is 1.58 bits per heavy atom. The molecule has 0 spiro atoms. The van der Waals surface area contributed by atoms with E-state index in [1.54, 1.807) is 7.11 Å². The molecular weight excluding hydrogens is 492 g/mol. The van der Waals surface area contributed by atoms with E-state index in [1.165, 1.54) is 37.7 Å². The number of rotatable bonds is 7. The van der Waals surface area contributed by atoms with Crippen molar-refractivity contribution in [1.29, 1.82) is 0 Å². The maximum absolute atomic E-state index is 6.06. The number of pyridine rings is 1. The number of thiocarbonyl (C=S) groups is 1. The van der Waals surface area contributed by atoms with Crippen LogP contribution >= 0.6 is 12.2 Å². The highest BCUT2D eigenvalue weighted by atomic mass is 32.1. The van der Waals surface area contributed by atoms with Crippen LogP contribution in [0.5, 0.6) is 17.2 Å². The van der Waals surface area contributed by atoms with Crippen LogP contribution in [-0.2, 0) is 0 Å². The molecule has 2 fully saturated rings. The molecule has 2 aromatic carbocycles. The molecule has 1 saturated heterocycles. The Bertz CT molecular complexity index is 1370. The van der Waals surface area contributed by atoms with E-state index in [-0.39, 0.29) is 12.1 Å². The zero-order chi connectivity index (χ0) is 25.9. The minimum absolute atomic E-state index is 0.0180. The molecule has 2 atom stereocenters. The van der Waals surface area contributed by atoms with Gasteiger partial charge in [0.05, 0.1) is 24.9 Å². The maximum atomic E-state index is 6.06. The van der Waals surface area contributed by atoms with Crippen LogP contribution in [0.2, 0.25) is 0 Å². The van der Waals surface area contributed by atoms with Crippen LogP contribution in [0.1, 0.15) is 61.5 Å². The normalized spacial score (nSPS) is 19.8. The SMILES string of the molecule is COc1ccc(Oc2ccc(N3C(=S)N[C@@H](c4ccccn4)[C@@H]3c3ccn(C4CCCCC4)c3)cc2)cc1. The number of methoxy groups -OCH3 is 1. The highest BCUT2D eigenvalue weighted by Crippen LogP contribution is 2.42. The average Bonchev–Trinajstić information content (AvgIpc) is 3.60. The Morgan fingerprint density at radius 1 is 0.868 bits per heavy atom. The van der Waals surface area contributed by atoms with Crippen molar-refractivity contribution < 1.29 is 9.47 Å². The topological polar surface area (TPSA) is 51.6 Å². The summed E-state index contributed by atoms with van der Waals surface area (Å²) in [5.74, 6) is 2.32. The fourth-order valence-electron chi connectivity index (χ4n) is 5.64. The van der Waals surface area contributed by atoms with Gasteiger partial charge in [0.15, 0.2) is 5.11 Å². The van der Waals surface area contributed by atoms with Crippen molar-refractivity contribution >= 4 is 23.0 Å². The van der Waals surface area contributed by atoms with Crippen LogP contribution < -0.4 is 19.7 Å². The van der Waals surface area contributed by atoms with Gasteiger partial charge in [-0.25, -0.2) is 0 Å². The van der Waals surface area contributed by atoms with Gasteiger partial charge in [-0.3, -0.25) is 4.98 Å². The summed E-state index contributed by atoms with van der Waals surface area (Å²) >= 11 is 5.91. The fraction of sp³-hybridized carbons (Fsp3) is 0.290. The number of nitrogens with one attached hydrogen (secondary N) is 1. The quantitative estimate of drug-likeness (QED) is 0.255. The molecule has 1 aliphatic heterocycles. The number of anilines is 1. The average molecular weight is 525 g/mol. The molecule has 4 aromatic rings. The van der Waals surface area contributed by atoms with Crippen molar-refractivity contribution in [2.45, 2.75) is 50.2 Å². The fourth-order valence-corrected chi connectivity index (χ4v) is 5.98. The first kappa shape index (κ1) is 24.5. The number of hydrogen-bond acceptors (Lipinski definition) is 4. The maximum Gasteiger partial charge on any atom is 0.174 e. The molecule has 1 aliphatic carbocycles. The van der Waals surface area contributed by atoms with Gasteiger partial charge in [-0.05, 0) is 97.4 Å². The van der Waals surface area contributed by atoms with Crippen molar-refractivity contribution in [2.75, 3.05) is 12.0 Å². The van der Waals surface area contributed by atoms with Crippen LogP contribution in [0.15, 0.2) is 91.4 Å².